The average molecular weight is 440 g/mol. The summed E-state index contributed by atoms with van der Waals surface area (Å²) in [6.07, 6.45) is 7.83. The molecule has 0 aromatic rings. The maximum absolute atomic E-state index is 5.92. The van der Waals surface area contributed by atoms with Gasteiger partial charge < -0.3 is 15.8 Å². The SMILES string of the molecule is CCCCCCCCNC(N)=NCC(C)CN1CCOCC1.I. The van der Waals surface area contributed by atoms with Gasteiger partial charge in [0.15, 0.2) is 5.96 Å². The number of aliphatic imine (C=N–C) groups is 1. The Bertz CT molecular complexity index is 296. The molecule has 1 rings (SSSR count). The van der Waals surface area contributed by atoms with E-state index in [4.69, 9.17) is 10.5 Å². The minimum Gasteiger partial charge on any atom is -0.379 e. The van der Waals surface area contributed by atoms with Gasteiger partial charge in [0.1, 0.15) is 0 Å². The van der Waals surface area contributed by atoms with Gasteiger partial charge in [0.2, 0.25) is 0 Å². The summed E-state index contributed by atoms with van der Waals surface area (Å²) in [5.74, 6) is 1.13. The minimum absolute atomic E-state index is 0. The first-order valence-corrected chi connectivity index (χ1v) is 9.06. The van der Waals surface area contributed by atoms with Crippen molar-refractivity contribution in [3.63, 3.8) is 0 Å². The van der Waals surface area contributed by atoms with Gasteiger partial charge in [-0.2, -0.15) is 0 Å². The number of morpholine rings is 1. The largest absolute Gasteiger partial charge is 0.379 e. The first-order chi connectivity index (χ1) is 10.7. The van der Waals surface area contributed by atoms with Gasteiger partial charge in [0.25, 0.3) is 0 Å². The lowest BCUT2D eigenvalue weighted by Gasteiger charge is -2.28. The summed E-state index contributed by atoms with van der Waals surface area (Å²) in [5.41, 5.74) is 5.92. The highest BCUT2D eigenvalue weighted by Gasteiger charge is 2.13. The molecule has 1 heterocycles. The number of halogens is 1. The Morgan fingerprint density at radius 1 is 1.17 bits per heavy atom. The van der Waals surface area contributed by atoms with Gasteiger partial charge in [0, 0.05) is 32.7 Å². The van der Waals surface area contributed by atoms with E-state index in [-0.39, 0.29) is 24.0 Å². The molecule has 0 saturated carbocycles. The summed E-state index contributed by atoms with van der Waals surface area (Å²) in [7, 11) is 0. The Morgan fingerprint density at radius 3 is 2.52 bits per heavy atom. The highest BCUT2D eigenvalue weighted by Crippen LogP contribution is 2.05. The molecule has 0 radical (unpaired) electrons. The monoisotopic (exact) mass is 440 g/mol. The van der Waals surface area contributed by atoms with E-state index in [0.29, 0.717) is 11.9 Å². The highest BCUT2D eigenvalue weighted by molar-refractivity contribution is 14.0. The highest BCUT2D eigenvalue weighted by atomic mass is 127. The number of nitrogens with zero attached hydrogens (tertiary/aromatic N) is 2. The van der Waals surface area contributed by atoms with Crippen LogP contribution in [0.25, 0.3) is 0 Å². The number of hydrogen-bond acceptors (Lipinski definition) is 3. The van der Waals surface area contributed by atoms with E-state index in [0.717, 1.165) is 45.9 Å². The number of unbranched alkanes of at least 4 members (excludes halogenated alkanes) is 5. The normalized spacial score (nSPS) is 17.6. The van der Waals surface area contributed by atoms with Crippen LogP contribution in [-0.4, -0.2) is 56.8 Å². The first kappa shape index (κ1) is 22.9. The van der Waals surface area contributed by atoms with Crippen LogP contribution in [0.15, 0.2) is 4.99 Å². The molecule has 1 unspecified atom stereocenters. The van der Waals surface area contributed by atoms with Crippen molar-refractivity contribution >= 4 is 29.9 Å². The van der Waals surface area contributed by atoms with Gasteiger partial charge in [-0.05, 0) is 12.3 Å². The van der Waals surface area contributed by atoms with Crippen LogP contribution in [0, 0.1) is 5.92 Å². The van der Waals surface area contributed by atoms with E-state index in [2.05, 4.69) is 29.1 Å². The van der Waals surface area contributed by atoms with E-state index < -0.39 is 0 Å². The van der Waals surface area contributed by atoms with Gasteiger partial charge in [-0.3, -0.25) is 9.89 Å². The fourth-order valence-corrected chi connectivity index (χ4v) is 2.71. The maximum atomic E-state index is 5.92. The minimum atomic E-state index is 0. The average Bonchev–Trinajstić information content (AvgIpc) is 2.53. The van der Waals surface area contributed by atoms with Gasteiger partial charge in [-0.1, -0.05) is 46.0 Å². The molecule has 23 heavy (non-hydrogen) atoms. The lowest BCUT2D eigenvalue weighted by molar-refractivity contribution is 0.0323. The first-order valence-electron chi connectivity index (χ1n) is 9.06. The fraction of sp³-hybridized carbons (Fsp3) is 0.941. The second kappa shape index (κ2) is 15.4. The number of ether oxygens (including phenoxy) is 1. The van der Waals surface area contributed by atoms with E-state index in [9.17, 15) is 0 Å². The number of guanidine groups is 1. The predicted octanol–water partition coefficient (Wildman–Crippen LogP) is 2.84. The summed E-state index contributed by atoms with van der Waals surface area (Å²) in [6.45, 7) is 11.1. The molecule has 3 N–H and O–H groups in total. The summed E-state index contributed by atoms with van der Waals surface area (Å²) >= 11 is 0. The van der Waals surface area contributed by atoms with Crippen molar-refractivity contribution in [3.05, 3.63) is 0 Å². The molecule has 1 aliphatic rings. The number of rotatable bonds is 11. The molecule has 5 nitrogen and oxygen atoms in total. The second-order valence-corrected chi connectivity index (χ2v) is 6.44. The molecule has 0 spiro atoms. The van der Waals surface area contributed by atoms with Gasteiger partial charge in [-0.15, -0.1) is 24.0 Å². The van der Waals surface area contributed by atoms with Crippen molar-refractivity contribution < 1.29 is 4.74 Å². The third-order valence-corrected chi connectivity index (χ3v) is 4.08. The Hall–Kier alpha value is -0.0800. The zero-order chi connectivity index (χ0) is 16.0. The molecular weight excluding hydrogens is 403 g/mol. The van der Waals surface area contributed by atoms with Crippen LogP contribution in [0.5, 0.6) is 0 Å². The van der Waals surface area contributed by atoms with Crippen LogP contribution in [0.1, 0.15) is 52.4 Å². The Morgan fingerprint density at radius 2 is 1.83 bits per heavy atom. The van der Waals surface area contributed by atoms with Crippen molar-refractivity contribution in [1.29, 1.82) is 0 Å². The molecule has 0 amide bonds. The van der Waals surface area contributed by atoms with E-state index in [1.807, 2.05) is 0 Å². The van der Waals surface area contributed by atoms with Gasteiger partial charge in [-0.25, -0.2) is 0 Å². The zero-order valence-corrected chi connectivity index (χ0v) is 17.4. The lowest BCUT2D eigenvalue weighted by Crippen LogP contribution is -2.39. The van der Waals surface area contributed by atoms with E-state index >= 15 is 0 Å². The molecule has 0 aromatic carbocycles. The number of nitrogens with one attached hydrogen (secondary N) is 1. The van der Waals surface area contributed by atoms with Crippen LogP contribution < -0.4 is 11.1 Å². The third kappa shape index (κ3) is 12.9. The van der Waals surface area contributed by atoms with Crippen molar-refractivity contribution in [2.75, 3.05) is 45.9 Å². The van der Waals surface area contributed by atoms with Crippen molar-refractivity contribution in [3.8, 4) is 0 Å². The van der Waals surface area contributed by atoms with Crippen LogP contribution in [0.3, 0.4) is 0 Å². The van der Waals surface area contributed by atoms with E-state index in [1.54, 1.807) is 0 Å². The summed E-state index contributed by atoms with van der Waals surface area (Å²) < 4.78 is 5.37. The standard InChI is InChI=1S/C17H36N4O.HI/c1-3-4-5-6-7-8-9-19-17(18)20-14-16(2)15-21-10-12-22-13-11-21;/h16H,3-15H2,1-2H3,(H3,18,19,20);1H. The van der Waals surface area contributed by atoms with Gasteiger partial charge >= 0.3 is 0 Å². The molecule has 6 heteroatoms. The molecule has 1 aliphatic heterocycles. The lowest BCUT2D eigenvalue weighted by atomic mass is 10.1. The molecule has 0 bridgehead atoms. The van der Waals surface area contributed by atoms with Crippen LogP contribution >= 0.6 is 24.0 Å². The van der Waals surface area contributed by atoms with Crippen LogP contribution in [-0.2, 0) is 4.74 Å². The Balaban J connectivity index is 0.00000484. The summed E-state index contributed by atoms with van der Waals surface area (Å²) in [5, 5.41) is 3.23. The second-order valence-electron chi connectivity index (χ2n) is 6.44. The summed E-state index contributed by atoms with van der Waals surface area (Å²) in [4.78, 5) is 6.91. The van der Waals surface area contributed by atoms with Crippen molar-refractivity contribution in [2.24, 2.45) is 16.6 Å². The number of nitrogens with two attached hydrogens (primary N) is 1. The zero-order valence-electron chi connectivity index (χ0n) is 15.1. The van der Waals surface area contributed by atoms with Gasteiger partial charge in [0.05, 0.1) is 13.2 Å². The smallest absolute Gasteiger partial charge is 0.188 e. The molecule has 1 atom stereocenters. The fourth-order valence-electron chi connectivity index (χ4n) is 2.71. The molecule has 1 saturated heterocycles. The molecular formula is C17H37IN4O. The topological polar surface area (TPSA) is 62.9 Å². The van der Waals surface area contributed by atoms with Crippen molar-refractivity contribution in [1.82, 2.24) is 10.2 Å². The number of hydrogen-bond donors (Lipinski definition) is 2. The predicted molar refractivity (Wildman–Crippen MR) is 110 cm³/mol. The Kier molecular flexibility index (Phi) is 15.4. The molecule has 1 fully saturated rings. The van der Waals surface area contributed by atoms with Crippen LogP contribution in [0.4, 0.5) is 0 Å². The van der Waals surface area contributed by atoms with E-state index in [1.165, 1.54) is 38.5 Å². The third-order valence-electron chi connectivity index (χ3n) is 4.08. The Labute approximate surface area is 159 Å². The van der Waals surface area contributed by atoms with Crippen LogP contribution in [0.2, 0.25) is 0 Å². The maximum Gasteiger partial charge on any atom is 0.188 e. The quantitative estimate of drug-likeness (QED) is 0.225. The molecule has 0 aliphatic carbocycles. The molecule has 138 valence electrons. The molecule has 0 aromatic heterocycles. The summed E-state index contributed by atoms with van der Waals surface area (Å²) in [6, 6.07) is 0. The van der Waals surface area contributed by atoms with Crippen molar-refractivity contribution in [2.45, 2.75) is 52.4 Å².